The van der Waals surface area contributed by atoms with Gasteiger partial charge in [0.2, 0.25) is 5.91 Å². The van der Waals surface area contributed by atoms with Crippen LogP contribution < -0.4 is 10.1 Å². The second kappa shape index (κ2) is 7.82. The number of hydrogen-bond acceptors (Lipinski definition) is 2. The van der Waals surface area contributed by atoms with Crippen molar-refractivity contribution < 1.29 is 9.53 Å². The molecule has 1 atom stereocenters. The first-order valence-electron chi connectivity index (χ1n) is 8.44. The first kappa shape index (κ1) is 16.3. The molecule has 3 heteroatoms. The molecule has 2 aromatic rings. The van der Waals surface area contributed by atoms with Crippen molar-refractivity contribution in [2.24, 2.45) is 0 Å². The smallest absolute Gasteiger partial charge is 0.244 e. The average Bonchev–Trinajstić information content (AvgIpc) is 2.64. The fraction of sp³-hybridized carbons (Fsp3) is 0.286. The molecule has 124 valence electrons. The third-order valence-electron chi connectivity index (χ3n) is 4.54. The quantitative estimate of drug-likeness (QED) is 0.847. The molecule has 0 saturated carbocycles. The topological polar surface area (TPSA) is 38.3 Å². The van der Waals surface area contributed by atoms with Crippen LogP contribution in [-0.2, 0) is 11.2 Å². The van der Waals surface area contributed by atoms with Gasteiger partial charge >= 0.3 is 0 Å². The van der Waals surface area contributed by atoms with Crippen molar-refractivity contribution in [3.63, 3.8) is 0 Å². The van der Waals surface area contributed by atoms with Gasteiger partial charge in [-0.2, -0.15) is 0 Å². The predicted octanol–water partition coefficient (Wildman–Crippen LogP) is 3.94. The zero-order chi connectivity index (χ0) is 16.8. The summed E-state index contributed by atoms with van der Waals surface area (Å²) >= 11 is 0. The highest BCUT2D eigenvalue weighted by atomic mass is 16.5. The third kappa shape index (κ3) is 4.05. The molecule has 3 rings (SSSR count). The van der Waals surface area contributed by atoms with Crippen LogP contribution in [0.2, 0.25) is 0 Å². The SMILES string of the molecule is COc1cccc(/C=C/C(=O)NCC2CCCc3ccccc32)c1. The number of carbonyl (C=O) groups excluding carboxylic acids is 1. The largest absolute Gasteiger partial charge is 0.497 e. The fourth-order valence-electron chi connectivity index (χ4n) is 3.27. The Bertz CT molecular complexity index is 736. The molecule has 0 saturated heterocycles. The Morgan fingerprint density at radius 1 is 1.25 bits per heavy atom. The van der Waals surface area contributed by atoms with Crippen molar-refractivity contribution in [3.8, 4) is 5.75 Å². The number of fused-ring (bicyclic) bond motifs is 1. The third-order valence-corrected chi connectivity index (χ3v) is 4.54. The van der Waals surface area contributed by atoms with Crippen LogP contribution in [0.4, 0.5) is 0 Å². The number of rotatable bonds is 5. The lowest BCUT2D eigenvalue weighted by Gasteiger charge is -2.25. The van der Waals surface area contributed by atoms with Crippen LogP contribution >= 0.6 is 0 Å². The van der Waals surface area contributed by atoms with Crippen molar-refractivity contribution >= 4 is 12.0 Å². The molecule has 3 nitrogen and oxygen atoms in total. The summed E-state index contributed by atoms with van der Waals surface area (Å²) in [4.78, 5) is 12.1. The van der Waals surface area contributed by atoms with Gasteiger partial charge in [0.05, 0.1) is 7.11 Å². The zero-order valence-corrected chi connectivity index (χ0v) is 14.0. The number of aryl methyl sites for hydroxylation is 1. The molecule has 1 aliphatic rings. The normalized spacial score (nSPS) is 16.6. The van der Waals surface area contributed by atoms with E-state index in [9.17, 15) is 4.79 Å². The Hall–Kier alpha value is -2.55. The summed E-state index contributed by atoms with van der Waals surface area (Å²) in [6, 6.07) is 16.2. The van der Waals surface area contributed by atoms with E-state index in [0.717, 1.165) is 24.2 Å². The molecule has 2 aromatic carbocycles. The molecule has 24 heavy (non-hydrogen) atoms. The van der Waals surface area contributed by atoms with E-state index in [1.807, 2.05) is 30.3 Å². The first-order chi connectivity index (χ1) is 11.8. The van der Waals surface area contributed by atoms with Crippen LogP contribution in [0.15, 0.2) is 54.6 Å². The van der Waals surface area contributed by atoms with E-state index in [1.165, 1.54) is 17.5 Å². The molecule has 0 spiro atoms. The van der Waals surface area contributed by atoms with Crippen molar-refractivity contribution in [2.75, 3.05) is 13.7 Å². The van der Waals surface area contributed by atoms with E-state index in [4.69, 9.17) is 4.74 Å². The molecule has 0 aliphatic heterocycles. The molecular formula is C21H23NO2. The molecule has 1 aliphatic carbocycles. The average molecular weight is 321 g/mol. The highest BCUT2D eigenvalue weighted by molar-refractivity contribution is 5.91. The van der Waals surface area contributed by atoms with Crippen LogP contribution in [-0.4, -0.2) is 19.6 Å². The Balaban J connectivity index is 1.57. The van der Waals surface area contributed by atoms with Crippen LogP contribution in [0.25, 0.3) is 6.08 Å². The summed E-state index contributed by atoms with van der Waals surface area (Å²) in [7, 11) is 1.64. The van der Waals surface area contributed by atoms with Gasteiger partial charge < -0.3 is 10.1 Å². The number of methoxy groups -OCH3 is 1. The van der Waals surface area contributed by atoms with Gasteiger partial charge in [0.25, 0.3) is 0 Å². The van der Waals surface area contributed by atoms with Crippen LogP contribution in [0.1, 0.15) is 35.4 Å². The van der Waals surface area contributed by atoms with Gasteiger partial charge in [0, 0.05) is 18.5 Å². The van der Waals surface area contributed by atoms with E-state index in [-0.39, 0.29) is 5.91 Å². The van der Waals surface area contributed by atoms with Gasteiger partial charge in [-0.05, 0) is 54.2 Å². The summed E-state index contributed by atoms with van der Waals surface area (Å²) in [5.74, 6) is 1.15. The minimum Gasteiger partial charge on any atom is -0.497 e. The minimum absolute atomic E-state index is 0.0547. The number of ether oxygens (including phenoxy) is 1. The zero-order valence-electron chi connectivity index (χ0n) is 14.0. The Morgan fingerprint density at radius 2 is 2.12 bits per heavy atom. The molecule has 0 heterocycles. The molecule has 0 fully saturated rings. The van der Waals surface area contributed by atoms with Crippen molar-refractivity contribution in [2.45, 2.75) is 25.2 Å². The lowest BCUT2D eigenvalue weighted by molar-refractivity contribution is -0.116. The molecule has 0 aromatic heterocycles. The molecule has 0 radical (unpaired) electrons. The van der Waals surface area contributed by atoms with Gasteiger partial charge in [-0.3, -0.25) is 4.79 Å². The highest BCUT2D eigenvalue weighted by Crippen LogP contribution is 2.30. The number of carbonyl (C=O) groups is 1. The Morgan fingerprint density at radius 3 is 3.00 bits per heavy atom. The summed E-state index contributed by atoms with van der Waals surface area (Å²) in [6.45, 7) is 0.693. The van der Waals surface area contributed by atoms with Crippen molar-refractivity contribution in [1.29, 1.82) is 0 Å². The summed E-state index contributed by atoms with van der Waals surface area (Å²) < 4.78 is 5.19. The van der Waals surface area contributed by atoms with E-state index in [2.05, 4.69) is 29.6 Å². The maximum Gasteiger partial charge on any atom is 0.244 e. The maximum absolute atomic E-state index is 12.1. The van der Waals surface area contributed by atoms with Crippen LogP contribution in [0, 0.1) is 0 Å². The molecule has 1 amide bonds. The molecular weight excluding hydrogens is 298 g/mol. The van der Waals surface area contributed by atoms with Crippen LogP contribution in [0.3, 0.4) is 0 Å². The number of amides is 1. The lowest BCUT2D eigenvalue weighted by Crippen LogP contribution is -2.28. The standard InChI is InChI=1S/C21H23NO2/c1-24-19-10-4-6-16(14-19)12-13-21(23)22-15-18-9-5-8-17-7-2-3-11-20(17)18/h2-4,6-7,10-14,18H,5,8-9,15H2,1H3,(H,22,23)/b13-12+. The van der Waals surface area contributed by atoms with E-state index in [1.54, 1.807) is 13.2 Å². The monoisotopic (exact) mass is 321 g/mol. The summed E-state index contributed by atoms with van der Waals surface area (Å²) in [5.41, 5.74) is 3.77. The number of benzene rings is 2. The summed E-state index contributed by atoms with van der Waals surface area (Å²) in [6.07, 6.45) is 6.88. The van der Waals surface area contributed by atoms with E-state index < -0.39 is 0 Å². The number of hydrogen-bond donors (Lipinski definition) is 1. The van der Waals surface area contributed by atoms with Crippen molar-refractivity contribution in [1.82, 2.24) is 5.32 Å². The van der Waals surface area contributed by atoms with Gasteiger partial charge in [0.1, 0.15) is 5.75 Å². The molecule has 1 unspecified atom stereocenters. The second-order valence-corrected chi connectivity index (χ2v) is 6.14. The van der Waals surface area contributed by atoms with Gasteiger partial charge in [-0.15, -0.1) is 0 Å². The van der Waals surface area contributed by atoms with Crippen LogP contribution in [0.5, 0.6) is 5.75 Å². The minimum atomic E-state index is -0.0547. The lowest BCUT2D eigenvalue weighted by atomic mass is 9.83. The van der Waals surface area contributed by atoms with Crippen molar-refractivity contribution in [3.05, 3.63) is 71.3 Å². The van der Waals surface area contributed by atoms with Gasteiger partial charge in [-0.25, -0.2) is 0 Å². The van der Waals surface area contributed by atoms with E-state index in [0.29, 0.717) is 12.5 Å². The summed E-state index contributed by atoms with van der Waals surface area (Å²) in [5, 5.41) is 3.04. The molecule has 1 N–H and O–H groups in total. The molecule has 0 bridgehead atoms. The number of nitrogens with one attached hydrogen (secondary N) is 1. The van der Waals surface area contributed by atoms with E-state index >= 15 is 0 Å². The fourth-order valence-corrected chi connectivity index (χ4v) is 3.27. The Kier molecular flexibility index (Phi) is 5.32. The van der Waals surface area contributed by atoms with Gasteiger partial charge in [0.15, 0.2) is 0 Å². The second-order valence-electron chi connectivity index (χ2n) is 6.14. The van der Waals surface area contributed by atoms with Gasteiger partial charge in [-0.1, -0.05) is 36.4 Å². The first-order valence-corrected chi connectivity index (χ1v) is 8.44. The Labute approximate surface area is 143 Å². The predicted molar refractivity (Wildman–Crippen MR) is 97.2 cm³/mol. The highest BCUT2D eigenvalue weighted by Gasteiger charge is 2.19. The maximum atomic E-state index is 12.1.